The molecule has 1 amide bonds. The molecule has 0 aromatic carbocycles. The SMILES string of the molecule is CCCCN/C=C(/C#N)C(=O)NC(C)(C)C. The molecule has 4 nitrogen and oxygen atoms in total. The van der Waals surface area contributed by atoms with Gasteiger partial charge in [-0.1, -0.05) is 13.3 Å². The van der Waals surface area contributed by atoms with E-state index in [2.05, 4.69) is 17.6 Å². The summed E-state index contributed by atoms with van der Waals surface area (Å²) in [4.78, 5) is 11.6. The number of nitrogens with zero attached hydrogens (tertiary/aromatic N) is 1. The number of unbranched alkanes of at least 4 members (excludes halogenated alkanes) is 1. The number of nitrogens with one attached hydrogen (secondary N) is 2. The van der Waals surface area contributed by atoms with Crippen LogP contribution >= 0.6 is 0 Å². The normalized spacial score (nSPS) is 11.8. The van der Waals surface area contributed by atoms with Gasteiger partial charge in [-0.25, -0.2) is 0 Å². The van der Waals surface area contributed by atoms with Gasteiger partial charge in [0.25, 0.3) is 5.91 Å². The van der Waals surface area contributed by atoms with Crippen molar-refractivity contribution < 1.29 is 4.79 Å². The minimum Gasteiger partial charge on any atom is -0.390 e. The molecule has 0 atom stereocenters. The standard InChI is InChI=1S/C12H21N3O/c1-5-6-7-14-9-10(8-13)11(16)15-12(2,3)4/h9,14H,5-7H2,1-4H3,(H,15,16)/b10-9-. The molecular formula is C12H21N3O. The molecule has 16 heavy (non-hydrogen) atoms. The predicted molar refractivity (Wildman–Crippen MR) is 64.5 cm³/mol. The van der Waals surface area contributed by atoms with Crippen LogP contribution in [-0.4, -0.2) is 18.0 Å². The third-order valence-electron chi connectivity index (χ3n) is 1.77. The van der Waals surface area contributed by atoms with E-state index in [-0.39, 0.29) is 17.0 Å². The van der Waals surface area contributed by atoms with E-state index in [1.54, 1.807) is 0 Å². The Balaban J connectivity index is 4.28. The summed E-state index contributed by atoms with van der Waals surface area (Å²) < 4.78 is 0. The molecular weight excluding hydrogens is 202 g/mol. The predicted octanol–water partition coefficient (Wildman–Crippen LogP) is 1.70. The maximum Gasteiger partial charge on any atom is 0.263 e. The molecule has 0 aliphatic rings. The molecule has 2 N–H and O–H groups in total. The largest absolute Gasteiger partial charge is 0.390 e. The van der Waals surface area contributed by atoms with Crippen molar-refractivity contribution in [3.05, 3.63) is 11.8 Å². The zero-order valence-electron chi connectivity index (χ0n) is 10.6. The second kappa shape index (κ2) is 6.89. The van der Waals surface area contributed by atoms with E-state index in [9.17, 15) is 4.79 Å². The number of rotatable bonds is 5. The van der Waals surface area contributed by atoms with Crippen molar-refractivity contribution in [3.63, 3.8) is 0 Å². The number of hydrogen-bond acceptors (Lipinski definition) is 3. The molecule has 0 aliphatic heterocycles. The molecule has 0 unspecified atom stereocenters. The van der Waals surface area contributed by atoms with Crippen LogP contribution in [0.2, 0.25) is 0 Å². The highest BCUT2D eigenvalue weighted by Crippen LogP contribution is 2.01. The zero-order chi connectivity index (χ0) is 12.6. The first kappa shape index (κ1) is 14.5. The number of amides is 1. The van der Waals surface area contributed by atoms with Gasteiger partial charge in [-0.15, -0.1) is 0 Å². The molecule has 0 fully saturated rings. The second-order valence-corrected chi connectivity index (χ2v) is 4.68. The first-order chi connectivity index (χ1) is 7.40. The average molecular weight is 223 g/mol. The Hall–Kier alpha value is -1.50. The quantitative estimate of drug-likeness (QED) is 0.423. The van der Waals surface area contributed by atoms with Gasteiger partial charge in [0.2, 0.25) is 0 Å². The van der Waals surface area contributed by atoms with Gasteiger partial charge in [0.15, 0.2) is 0 Å². The fourth-order valence-electron chi connectivity index (χ4n) is 1.01. The van der Waals surface area contributed by atoms with E-state index >= 15 is 0 Å². The zero-order valence-corrected chi connectivity index (χ0v) is 10.6. The lowest BCUT2D eigenvalue weighted by molar-refractivity contribution is -0.118. The second-order valence-electron chi connectivity index (χ2n) is 4.68. The first-order valence-corrected chi connectivity index (χ1v) is 5.57. The monoisotopic (exact) mass is 223 g/mol. The lowest BCUT2D eigenvalue weighted by atomic mass is 10.1. The minimum absolute atomic E-state index is 0.117. The molecule has 4 heteroatoms. The molecule has 90 valence electrons. The molecule has 0 heterocycles. The smallest absolute Gasteiger partial charge is 0.263 e. The van der Waals surface area contributed by atoms with Crippen LogP contribution in [0.5, 0.6) is 0 Å². The van der Waals surface area contributed by atoms with Crippen molar-refractivity contribution in [3.8, 4) is 6.07 Å². The van der Waals surface area contributed by atoms with Crippen LogP contribution in [0.25, 0.3) is 0 Å². The Morgan fingerprint density at radius 2 is 2.06 bits per heavy atom. The first-order valence-electron chi connectivity index (χ1n) is 5.57. The van der Waals surface area contributed by atoms with Crippen LogP contribution in [0.4, 0.5) is 0 Å². The molecule has 0 radical (unpaired) electrons. The summed E-state index contributed by atoms with van der Waals surface area (Å²) in [5.74, 6) is -0.334. The van der Waals surface area contributed by atoms with Crippen LogP contribution in [0.1, 0.15) is 40.5 Å². The van der Waals surface area contributed by atoms with E-state index in [0.717, 1.165) is 19.4 Å². The van der Waals surface area contributed by atoms with Crippen LogP contribution in [0.15, 0.2) is 11.8 Å². The van der Waals surface area contributed by atoms with Crippen molar-refractivity contribution in [2.24, 2.45) is 0 Å². The van der Waals surface area contributed by atoms with Gasteiger partial charge in [-0.3, -0.25) is 4.79 Å². The van der Waals surface area contributed by atoms with Gasteiger partial charge in [0.05, 0.1) is 0 Å². The van der Waals surface area contributed by atoms with Gasteiger partial charge in [-0.2, -0.15) is 5.26 Å². The van der Waals surface area contributed by atoms with Crippen LogP contribution in [0, 0.1) is 11.3 Å². The summed E-state index contributed by atoms with van der Waals surface area (Å²) in [7, 11) is 0. The Kier molecular flexibility index (Phi) is 6.24. The van der Waals surface area contributed by atoms with Crippen molar-refractivity contribution in [1.29, 1.82) is 5.26 Å². The van der Waals surface area contributed by atoms with Crippen LogP contribution in [0.3, 0.4) is 0 Å². The number of nitriles is 1. The van der Waals surface area contributed by atoms with Gasteiger partial charge in [0, 0.05) is 18.3 Å². The van der Waals surface area contributed by atoms with Crippen LogP contribution in [-0.2, 0) is 4.79 Å². The molecule has 0 saturated heterocycles. The van der Waals surface area contributed by atoms with Crippen molar-refractivity contribution in [2.75, 3.05) is 6.54 Å². The number of hydrogen-bond donors (Lipinski definition) is 2. The summed E-state index contributed by atoms with van der Waals surface area (Å²) in [5.41, 5.74) is -0.206. The fraction of sp³-hybridized carbons (Fsp3) is 0.667. The molecule has 0 spiro atoms. The molecule has 0 aromatic rings. The van der Waals surface area contributed by atoms with E-state index in [4.69, 9.17) is 5.26 Å². The van der Waals surface area contributed by atoms with Gasteiger partial charge in [0.1, 0.15) is 11.6 Å². The minimum atomic E-state index is -0.334. The molecule has 0 rings (SSSR count). The van der Waals surface area contributed by atoms with E-state index in [0.29, 0.717) is 0 Å². The molecule has 0 bridgehead atoms. The lowest BCUT2D eigenvalue weighted by Crippen LogP contribution is -2.41. The average Bonchev–Trinajstić information content (AvgIpc) is 2.15. The molecule has 0 aromatic heterocycles. The Labute approximate surface area is 97.7 Å². The maximum absolute atomic E-state index is 11.6. The highest BCUT2D eigenvalue weighted by molar-refractivity contribution is 5.97. The number of carbonyl (C=O) groups is 1. The summed E-state index contributed by atoms with van der Waals surface area (Å²) >= 11 is 0. The van der Waals surface area contributed by atoms with E-state index in [1.807, 2.05) is 26.8 Å². The van der Waals surface area contributed by atoms with Crippen molar-refractivity contribution in [2.45, 2.75) is 46.1 Å². The van der Waals surface area contributed by atoms with Gasteiger partial charge < -0.3 is 10.6 Å². The highest BCUT2D eigenvalue weighted by atomic mass is 16.1. The van der Waals surface area contributed by atoms with Gasteiger partial charge in [-0.05, 0) is 27.2 Å². The van der Waals surface area contributed by atoms with Crippen LogP contribution < -0.4 is 10.6 Å². The molecule has 0 saturated carbocycles. The van der Waals surface area contributed by atoms with Crippen molar-refractivity contribution >= 4 is 5.91 Å². The maximum atomic E-state index is 11.6. The Bertz CT molecular complexity index is 294. The Morgan fingerprint density at radius 3 is 2.50 bits per heavy atom. The summed E-state index contributed by atoms with van der Waals surface area (Å²) in [5, 5.41) is 14.5. The summed E-state index contributed by atoms with van der Waals surface area (Å²) in [6.07, 6.45) is 3.59. The summed E-state index contributed by atoms with van der Waals surface area (Å²) in [6.45, 7) is 8.51. The highest BCUT2D eigenvalue weighted by Gasteiger charge is 2.16. The Morgan fingerprint density at radius 1 is 1.44 bits per heavy atom. The third kappa shape index (κ3) is 6.88. The lowest BCUT2D eigenvalue weighted by Gasteiger charge is -2.19. The van der Waals surface area contributed by atoms with Gasteiger partial charge >= 0.3 is 0 Å². The van der Waals surface area contributed by atoms with Crippen molar-refractivity contribution in [1.82, 2.24) is 10.6 Å². The summed E-state index contributed by atoms with van der Waals surface area (Å²) in [6, 6.07) is 1.89. The van der Waals surface area contributed by atoms with E-state index < -0.39 is 0 Å². The third-order valence-corrected chi connectivity index (χ3v) is 1.77. The fourth-order valence-corrected chi connectivity index (χ4v) is 1.01. The topological polar surface area (TPSA) is 64.9 Å². The molecule has 0 aliphatic carbocycles. The van der Waals surface area contributed by atoms with E-state index in [1.165, 1.54) is 6.20 Å². The number of carbonyl (C=O) groups excluding carboxylic acids is 1.